The number of rotatable bonds is 7. The topological polar surface area (TPSA) is 33.1 Å². The second-order valence-corrected chi connectivity index (χ2v) is 20.5. The highest BCUT2D eigenvalue weighted by molar-refractivity contribution is 7.27. The van der Waals surface area contributed by atoms with Crippen molar-refractivity contribution in [3.63, 3.8) is 0 Å². The minimum absolute atomic E-state index is 0.475. The van der Waals surface area contributed by atoms with Crippen LogP contribution in [0.5, 0.6) is 0 Å². The summed E-state index contributed by atoms with van der Waals surface area (Å²) in [4.78, 5) is 4.79. The minimum Gasteiger partial charge on any atom is -0.306 e. The van der Waals surface area contributed by atoms with E-state index in [0.29, 0.717) is 28.1 Å². The summed E-state index contributed by atoms with van der Waals surface area (Å²) in [6.45, 7) is 9.73. The molecule has 0 fully saturated rings. The molecule has 0 unspecified atom stereocenters. The van der Waals surface area contributed by atoms with E-state index in [4.69, 9.17) is 4.85 Å². The molecule has 0 amide bonds. The van der Waals surface area contributed by atoms with Crippen molar-refractivity contribution in [1.29, 1.82) is 5.26 Å². The summed E-state index contributed by atoms with van der Waals surface area (Å²) < 4.78 is 7.06. The molecular formula is C68H39N3S2. The summed E-state index contributed by atoms with van der Waals surface area (Å²) in [7, 11) is 0. The average Bonchev–Trinajstić information content (AvgIpc) is 4.15. The Hall–Kier alpha value is -9.36. The smallest absolute Gasteiger partial charge is 0.205 e. The first-order chi connectivity index (χ1) is 36.2. The van der Waals surface area contributed by atoms with Crippen LogP contribution >= 0.6 is 22.7 Å². The van der Waals surface area contributed by atoms with Gasteiger partial charge < -0.3 is 4.57 Å². The highest BCUT2D eigenvalue weighted by Crippen LogP contribution is 2.58. The highest BCUT2D eigenvalue weighted by Gasteiger charge is 2.33. The highest BCUT2D eigenvalue weighted by atomic mass is 32.1. The predicted octanol–water partition coefficient (Wildman–Crippen LogP) is 19.9. The van der Waals surface area contributed by atoms with Gasteiger partial charge in [0.25, 0.3) is 0 Å². The second-order valence-electron chi connectivity index (χ2n) is 18.4. The zero-order chi connectivity index (χ0) is 48.6. The van der Waals surface area contributed by atoms with E-state index in [-0.39, 0.29) is 0 Å². The van der Waals surface area contributed by atoms with Gasteiger partial charge in [0, 0.05) is 47.3 Å². The van der Waals surface area contributed by atoms with Crippen LogP contribution in [0.2, 0.25) is 0 Å². The standard InChI is InChI=1S/C68H39N3S2/c1-70-63-60(46-29-15-6-16-30-46)64(71-65-50(35-37-52-48-31-17-19-33-57(48)72-67(52)65)51-36-38-53-49-32-18-20-34-58(49)73-68(53)66(51)71)56(41-69)59(45-27-13-5-14-28-45)62(63)61-54(43-23-9-3-10-24-43)39-47(42-21-7-2-8-22-42)40-55(61)44-25-11-4-12-26-44/h2-40H. The first-order valence-corrected chi connectivity index (χ1v) is 26.0. The van der Waals surface area contributed by atoms with Crippen molar-refractivity contribution in [3.8, 4) is 78.5 Å². The van der Waals surface area contributed by atoms with Gasteiger partial charge in [-0.25, -0.2) is 4.85 Å². The third kappa shape index (κ3) is 6.61. The van der Waals surface area contributed by atoms with Crippen LogP contribution in [0.15, 0.2) is 237 Å². The molecule has 3 nitrogen and oxygen atoms in total. The zero-order valence-electron chi connectivity index (χ0n) is 39.2. The first kappa shape index (κ1) is 42.5. The summed E-state index contributed by atoms with van der Waals surface area (Å²) in [6.07, 6.45) is 0. The van der Waals surface area contributed by atoms with Gasteiger partial charge in [0.15, 0.2) is 0 Å². The molecule has 0 aliphatic rings. The first-order valence-electron chi connectivity index (χ1n) is 24.3. The molecule has 0 saturated heterocycles. The molecule has 0 saturated carbocycles. The Morgan fingerprint density at radius 2 is 0.767 bits per heavy atom. The average molecular weight is 962 g/mol. The Morgan fingerprint density at radius 1 is 0.370 bits per heavy atom. The lowest BCUT2D eigenvalue weighted by molar-refractivity contribution is 1.19. The SMILES string of the molecule is [C-]#[N+]c1c(-c2c(-c3ccccc3)cc(-c3ccccc3)cc2-c2ccccc2)c(-c2ccccc2)c(C#N)c(-n2c3c(ccc4c5ccccc5sc43)c3ccc4c5ccccc5sc4c32)c1-c1ccccc1. The van der Waals surface area contributed by atoms with E-state index in [0.717, 1.165) is 97.6 Å². The summed E-state index contributed by atoms with van der Waals surface area (Å²) >= 11 is 3.58. The fourth-order valence-electron chi connectivity index (χ4n) is 11.3. The number of hydrogen-bond donors (Lipinski definition) is 0. The van der Waals surface area contributed by atoms with Crippen molar-refractivity contribution < 1.29 is 0 Å². The van der Waals surface area contributed by atoms with Crippen molar-refractivity contribution in [3.05, 3.63) is 254 Å². The van der Waals surface area contributed by atoms with Gasteiger partial charge in [-0.3, -0.25) is 0 Å². The Morgan fingerprint density at radius 3 is 1.22 bits per heavy atom. The van der Waals surface area contributed by atoms with Crippen LogP contribution in [0.4, 0.5) is 5.69 Å². The van der Waals surface area contributed by atoms with Gasteiger partial charge in [-0.2, -0.15) is 5.26 Å². The van der Waals surface area contributed by atoms with Gasteiger partial charge >= 0.3 is 0 Å². The molecule has 73 heavy (non-hydrogen) atoms. The molecule has 0 atom stereocenters. The number of nitriles is 1. The van der Waals surface area contributed by atoms with Crippen LogP contribution in [0.25, 0.3) is 139 Å². The normalized spacial score (nSPS) is 11.5. The number of hydrogen-bond acceptors (Lipinski definition) is 3. The molecule has 14 rings (SSSR count). The monoisotopic (exact) mass is 961 g/mol. The Bertz CT molecular complexity index is 4410. The van der Waals surface area contributed by atoms with E-state index in [1.54, 1.807) is 22.7 Å². The van der Waals surface area contributed by atoms with Gasteiger partial charge in [-0.1, -0.05) is 212 Å². The second kappa shape index (κ2) is 17.2. The molecule has 5 heteroatoms. The van der Waals surface area contributed by atoms with E-state index < -0.39 is 0 Å². The molecule has 3 aromatic heterocycles. The van der Waals surface area contributed by atoms with Crippen LogP contribution in [-0.2, 0) is 0 Å². The molecule has 0 aliphatic heterocycles. The summed E-state index contributed by atoms with van der Waals surface area (Å²) in [6, 6.07) is 86.1. The number of benzene rings is 11. The lowest BCUT2D eigenvalue weighted by Crippen LogP contribution is -2.06. The lowest BCUT2D eigenvalue weighted by Gasteiger charge is -2.27. The van der Waals surface area contributed by atoms with Crippen molar-refractivity contribution >= 4 is 90.5 Å². The van der Waals surface area contributed by atoms with E-state index in [1.807, 2.05) is 54.6 Å². The fraction of sp³-hybridized carbons (Fsp3) is 0. The van der Waals surface area contributed by atoms with Gasteiger partial charge in [0.05, 0.1) is 38.3 Å². The third-order valence-corrected chi connectivity index (χ3v) is 16.8. The van der Waals surface area contributed by atoms with Crippen molar-refractivity contribution in [2.24, 2.45) is 0 Å². The van der Waals surface area contributed by atoms with E-state index in [9.17, 15) is 11.8 Å². The van der Waals surface area contributed by atoms with Crippen molar-refractivity contribution in [2.45, 2.75) is 0 Å². The number of fused-ring (bicyclic) bond motifs is 11. The maximum atomic E-state index is 12.5. The fourth-order valence-corrected chi connectivity index (χ4v) is 13.8. The van der Waals surface area contributed by atoms with Gasteiger partial charge in [0.2, 0.25) is 5.69 Å². The molecule has 14 aromatic rings. The Balaban J connectivity index is 1.26. The van der Waals surface area contributed by atoms with Crippen LogP contribution in [0.1, 0.15) is 5.56 Å². The number of nitrogens with zero attached hydrogens (tertiary/aromatic N) is 3. The molecule has 338 valence electrons. The van der Waals surface area contributed by atoms with Gasteiger partial charge in [-0.05, 0) is 85.5 Å². The van der Waals surface area contributed by atoms with E-state index in [1.165, 1.54) is 20.2 Å². The number of thiophene rings is 2. The maximum absolute atomic E-state index is 12.5. The summed E-state index contributed by atoms with van der Waals surface area (Å²) in [5.41, 5.74) is 14.5. The molecule has 0 bridgehead atoms. The maximum Gasteiger partial charge on any atom is 0.205 e. The quantitative estimate of drug-likeness (QED) is 0.147. The van der Waals surface area contributed by atoms with E-state index in [2.05, 4.69) is 193 Å². The molecule has 0 aliphatic carbocycles. The largest absolute Gasteiger partial charge is 0.306 e. The molecule has 0 radical (unpaired) electrons. The zero-order valence-corrected chi connectivity index (χ0v) is 40.8. The van der Waals surface area contributed by atoms with Crippen molar-refractivity contribution in [2.75, 3.05) is 0 Å². The van der Waals surface area contributed by atoms with Crippen LogP contribution in [0.3, 0.4) is 0 Å². The summed E-state index contributed by atoms with van der Waals surface area (Å²) in [5, 5.41) is 19.4. The predicted molar refractivity (Wildman–Crippen MR) is 310 cm³/mol. The van der Waals surface area contributed by atoms with Crippen LogP contribution < -0.4 is 0 Å². The lowest BCUT2D eigenvalue weighted by atomic mass is 9.78. The Kier molecular flexibility index (Phi) is 10.0. The van der Waals surface area contributed by atoms with Crippen molar-refractivity contribution in [1.82, 2.24) is 4.57 Å². The Labute approximate surface area is 429 Å². The molecule has 0 spiro atoms. The van der Waals surface area contributed by atoms with Crippen LogP contribution in [-0.4, -0.2) is 4.57 Å². The summed E-state index contributed by atoms with van der Waals surface area (Å²) in [5.74, 6) is 0. The molecule has 11 aromatic carbocycles. The number of aromatic nitrogens is 1. The van der Waals surface area contributed by atoms with Crippen LogP contribution in [0, 0.1) is 17.9 Å². The molecule has 3 heterocycles. The van der Waals surface area contributed by atoms with E-state index >= 15 is 0 Å². The molecule has 0 N–H and O–H groups in total. The van der Waals surface area contributed by atoms with Gasteiger partial charge in [0.1, 0.15) is 6.07 Å². The third-order valence-electron chi connectivity index (χ3n) is 14.5. The minimum atomic E-state index is 0.475. The van der Waals surface area contributed by atoms with Gasteiger partial charge in [-0.15, -0.1) is 22.7 Å². The molecular weight excluding hydrogens is 923 g/mol.